The number of aromatic nitrogens is 3. The number of rotatable bonds is 8. The first-order valence-corrected chi connectivity index (χ1v) is 13.2. The van der Waals surface area contributed by atoms with Gasteiger partial charge in [0.15, 0.2) is 0 Å². The number of ether oxygens (including phenoxy) is 2. The fraction of sp³-hybridized carbons (Fsp3) is 0.400. The second-order valence-electron chi connectivity index (χ2n) is 10.3. The molecule has 0 radical (unpaired) electrons. The number of para-hydroxylation sites is 1. The van der Waals surface area contributed by atoms with Crippen LogP contribution in [-0.2, 0) is 33.8 Å². The Morgan fingerprint density at radius 2 is 1.75 bits per heavy atom. The van der Waals surface area contributed by atoms with Gasteiger partial charge in [-0.05, 0) is 58.4 Å². The number of carbonyl (C=O) groups is 2. The number of nitrogens with zero attached hydrogens (tertiary/aromatic N) is 3. The van der Waals surface area contributed by atoms with Gasteiger partial charge in [0.1, 0.15) is 23.6 Å². The van der Waals surface area contributed by atoms with Crippen LogP contribution in [0, 0.1) is 0 Å². The summed E-state index contributed by atoms with van der Waals surface area (Å²) >= 11 is 0. The molecular weight excluding hydrogens is 512 g/mol. The first kappa shape index (κ1) is 30.4. The number of aliphatic carboxylic acids is 1. The zero-order valence-corrected chi connectivity index (χ0v) is 24.0. The number of fused-ring (bicyclic) bond motifs is 2. The largest absolute Gasteiger partial charge is 0.497 e. The van der Waals surface area contributed by atoms with Crippen molar-refractivity contribution in [2.75, 3.05) is 13.7 Å². The Labute approximate surface area is 233 Å². The number of esters is 1. The van der Waals surface area contributed by atoms with Gasteiger partial charge in [0.05, 0.1) is 18.1 Å². The van der Waals surface area contributed by atoms with Gasteiger partial charge in [-0.2, -0.15) is 0 Å². The second kappa shape index (κ2) is 12.8. The SMILES string of the molecule is CC(=O)O.CCc1c(-c2nc3cc(OC)ccc3n(CC(=O)OC(C)(C)C)c2=O)c2ccccc2n1CCCN. The van der Waals surface area contributed by atoms with Crippen LogP contribution in [0.1, 0.15) is 46.7 Å². The summed E-state index contributed by atoms with van der Waals surface area (Å²) in [7, 11) is 1.58. The van der Waals surface area contributed by atoms with Gasteiger partial charge in [0.25, 0.3) is 11.5 Å². The number of aryl methyl sites for hydroxylation is 1. The summed E-state index contributed by atoms with van der Waals surface area (Å²) in [5.74, 6) is -0.704. The van der Waals surface area contributed by atoms with Crippen LogP contribution < -0.4 is 16.0 Å². The quantitative estimate of drug-likeness (QED) is 0.308. The normalized spacial score (nSPS) is 11.3. The Balaban J connectivity index is 0.00000103. The van der Waals surface area contributed by atoms with Crippen molar-refractivity contribution < 1.29 is 24.2 Å². The highest BCUT2D eigenvalue weighted by atomic mass is 16.6. The topological polar surface area (TPSA) is 139 Å². The predicted octanol–water partition coefficient (Wildman–Crippen LogP) is 4.37. The van der Waals surface area contributed by atoms with Crippen molar-refractivity contribution in [1.29, 1.82) is 0 Å². The van der Waals surface area contributed by atoms with Crippen LogP contribution >= 0.6 is 0 Å². The molecule has 0 saturated carbocycles. The van der Waals surface area contributed by atoms with E-state index in [0.717, 1.165) is 42.0 Å². The lowest BCUT2D eigenvalue weighted by Gasteiger charge is -2.20. The molecule has 0 aliphatic carbocycles. The molecule has 0 aliphatic heterocycles. The molecule has 4 rings (SSSR count). The zero-order valence-electron chi connectivity index (χ0n) is 24.0. The fourth-order valence-electron chi connectivity index (χ4n) is 4.67. The van der Waals surface area contributed by atoms with Gasteiger partial charge >= 0.3 is 5.97 Å². The number of hydrogen-bond acceptors (Lipinski definition) is 7. The molecule has 0 bridgehead atoms. The molecule has 2 heterocycles. The monoisotopic (exact) mass is 550 g/mol. The third-order valence-electron chi connectivity index (χ3n) is 6.10. The summed E-state index contributed by atoms with van der Waals surface area (Å²) in [6.07, 6.45) is 1.52. The molecule has 2 aromatic heterocycles. The molecule has 10 nitrogen and oxygen atoms in total. The van der Waals surface area contributed by atoms with Crippen molar-refractivity contribution in [3.8, 4) is 17.0 Å². The molecule has 214 valence electrons. The van der Waals surface area contributed by atoms with E-state index in [0.29, 0.717) is 35.4 Å². The number of nitrogens with two attached hydrogens (primary N) is 1. The molecule has 0 atom stereocenters. The number of methoxy groups -OCH3 is 1. The van der Waals surface area contributed by atoms with E-state index in [2.05, 4.69) is 17.6 Å². The van der Waals surface area contributed by atoms with E-state index < -0.39 is 17.5 Å². The van der Waals surface area contributed by atoms with E-state index in [9.17, 15) is 9.59 Å². The second-order valence-corrected chi connectivity index (χ2v) is 10.3. The molecular formula is C30H38N4O6. The van der Waals surface area contributed by atoms with Gasteiger partial charge < -0.3 is 24.9 Å². The molecule has 4 aromatic rings. The van der Waals surface area contributed by atoms with E-state index >= 15 is 0 Å². The number of carboxylic acids is 1. The van der Waals surface area contributed by atoms with Crippen LogP contribution in [0.25, 0.3) is 33.2 Å². The van der Waals surface area contributed by atoms with Crippen LogP contribution in [0.4, 0.5) is 0 Å². The van der Waals surface area contributed by atoms with E-state index in [1.165, 1.54) is 4.57 Å². The van der Waals surface area contributed by atoms with E-state index in [-0.39, 0.29) is 12.1 Å². The minimum Gasteiger partial charge on any atom is -0.497 e. The highest BCUT2D eigenvalue weighted by Gasteiger charge is 2.24. The number of hydrogen-bond donors (Lipinski definition) is 2. The third-order valence-corrected chi connectivity index (χ3v) is 6.10. The van der Waals surface area contributed by atoms with Crippen molar-refractivity contribution in [3.63, 3.8) is 0 Å². The minimum atomic E-state index is -0.833. The van der Waals surface area contributed by atoms with Crippen LogP contribution in [0.15, 0.2) is 47.3 Å². The molecule has 0 amide bonds. The highest BCUT2D eigenvalue weighted by molar-refractivity contribution is 5.98. The molecule has 0 aliphatic rings. The summed E-state index contributed by atoms with van der Waals surface area (Å²) in [5, 5.41) is 8.36. The molecule has 0 fully saturated rings. The molecule has 0 spiro atoms. The first-order valence-electron chi connectivity index (χ1n) is 13.2. The Kier molecular flexibility index (Phi) is 9.70. The van der Waals surface area contributed by atoms with Crippen molar-refractivity contribution in [2.24, 2.45) is 5.73 Å². The molecule has 2 aromatic carbocycles. The molecule has 0 saturated heterocycles. The Morgan fingerprint density at radius 3 is 2.35 bits per heavy atom. The van der Waals surface area contributed by atoms with Gasteiger partial charge in [-0.1, -0.05) is 25.1 Å². The Hall–Kier alpha value is -4.18. The van der Waals surface area contributed by atoms with Crippen molar-refractivity contribution in [3.05, 3.63) is 58.5 Å². The third kappa shape index (κ3) is 6.87. The first-order chi connectivity index (χ1) is 18.9. The van der Waals surface area contributed by atoms with Gasteiger partial charge in [0, 0.05) is 41.7 Å². The Morgan fingerprint density at radius 1 is 1.07 bits per heavy atom. The van der Waals surface area contributed by atoms with E-state index in [1.807, 2.05) is 18.2 Å². The maximum atomic E-state index is 14.0. The van der Waals surface area contributed by atoms with Crippen molar-refractivity contribution in [2.45, 2.75) is 66.2 Å². The van der Waals surface area contributed by atoms with Crippen molar-refractivity contribution >= 4 is 33.9 Å². The van der Waals surface area contributed by atoms with Gasteiger partial charge in [0.2, 0.25) is 0 Å². The number of carbonyl (C=O) groups excluding carboxylic acids is 1. The summed E-state index contributed by atoms with van der Waals surface area (Å²) in [4.78, 5) is 40.7. The summed E-state index contributed by atoms with van der Waals surface area (Å²) in [5.41, 5.74) is 9.06. The van der Waals surface area contributed by atoms with Crippen LogP contribution in [0.2, 0.25) is 0 Å². The minimum absolute atomic E-state index is 0.221. The van der Waals surface area contributed by atoms with Gasteiger partial charge in [-0.3, -0.25) is 19.0 Å². The lowest BCUT2D eigenvalue weighted by molar-refractivity contribution is -0.155. The highest BCUT2D eigenvalue weighted by Crippen LogP contribution is 2.34. The maximum absolute atomic E-state index is 14.0. The lowest BCUT2D eigenvalue weighted by Crippen LogP contribution is -2.32. The number of carboxylic acid groups (broad SMARTS) is 1. The van der Waals surface area contributed by atoms with Gasteiger partial charge in [-0.25, -0.2) is 4.98 Å². The van der Waals surface area contributed by atoms with Crippen LogP contribution in [-0.4, -0.2) is 50.4 Å². The molecule has 3 N–H and O–H groups in total. The lowest BCUT2D eigenvalue weighted by atomic mass is 10.1. The van der Waals surface area contributed by atoms with Gasteiger partial charge in [-0.15, -0.1) is 0 Å². The standard InChI is InChI=1S/C28H34N4O4.C2H4O2/c1-6-21-25(19-10-7-8-11-22(19)31(21)15-9-14-29)26-27(34)32(17-24(33)36-28(2,3)4)23-13-12-18(35-5)16-20(23)30-26;1-2(3)4/h7-8,10-13,16H,6,9,14-15,17,29H2,1-5H3;1H3,(H,3,4). The zero-order chi connectivity index (χ0) is 29.6. The predicted molar refractivity (Wildman–Crippen MR) is 156 cm³/mol. The van der Waals surface area contributed by atoms with E-state index in [1.54, 1.807) is 46.1 Å². The Bertz CT molecular complexity index is 1580. The van der Waals surface area contributed by atoms with Crippen molar-refractivity contribution in [1.82, 2.24) is 14.1 Å². The summed E-state index contributed by atoms with van der Waals surface area (Å²) in [6.45, 7) is 9.66. The van der Waals surface area contributed by atoms with Crippen LogP contribution in [0.5, 0.6) is 5.75 Å². The summed E-state index contributed by atoms with van der Waals surface area (Å²) in [6, 6.07) is 13.3. The smallest absolute Gasteiger partial charge is 0.326 e. The number of benzene rings is 2. The molecule has 0 unspecified atom stereocenters. The summed E-state index contributed by atoms with van der Waals surface area (Å²) < 4.78 is 14.6. The average Bonchev–Trinajstić information content (AvgIpc) is 3.20. The molecule has 40 heavy (non-hydrogen) atoms. The van der Waals surface area contributed by atoms with E-state index in [4.69, 9.17) is 30.1 Å². The average molecular weight is 551 g/mol. The van der Waals surface area contributed by atoms with Crippen LogP contribution in [0.3, 0.4) is 0 Å². The molecule has 10 heteroatoms. The fourth-order valence-corrected chi connectivity index (χ4v) is 4.67. The maximum Gasteiger partial charge on any atom is 0.326 e.